The molecule has 0 amide bonds. The third-order valence-electron chi connectivity index (χ3n) is 3.89. The molecule has 0 bridgehead atoms. The zero-order valence-electron chi connectivity index (χ0n) is 11.5. The molecule has 0 atom stereocenters. The molecule has 2 aromatic rings. The summed E-state index contributed by atoms with van der Waals surface area (Å²) >= 11 is 1.85. The summed E-state index contributed by atoms with van der Waals surface area (Å²) in [5.74, 6) is 0. The summed E-state index contributed by atoms with van der Waals surface area (Å²) in [6, 6.07) is 10.6. The number of thiophene rings is 1. The minimum Gasteiger partial charge on any atom is -0.398 e. The Kier molecular flexibility index (Phi) is 3.11. The van der Waals surface area contributed by atoms with E-state index in [0.29, 0.717) is 0 Å². The van der Waals surface area contributed by atoms with Crippen LogP contribution in [0.1, 0.15) is 29.9 Å². The molecule has 2 nitrogen and oxygen atoms in total. The summed E-state index contributed by atoms with van der Waals surface area (Å²) in [5, 5.41) is 2.16. The maximum Gasteiger partial charge on any atom is 0.0363 e. The van der Waals surface area contributed by atoms with Crippen LogP contribution in [0, 0.1) is 0 Å². The fourth-order valence-corrected chi connectivity index (χ4v) is 3.77. The van der Waals surface area contributed by atoms with Gasteiger partial charge in [-0.3, -0.25) is 4.90 Å². The van der Waals surface area contributed by atoms with Gasteiger partial charge in [0.05, 0.1) is 0 Å². The Labute approximate surface area is 118 Å². The van der Waals surface area contributed by atoms with Gasteiger partial charge in [0, 0.05) is 35.6 Å². The molecule has 1 aromatic heterocycles. The number of benzene rings is 1. The molecule has 2 N–H and O–H groups in total. The van der Waals surface area contributed by atoms with Gasteiger partial charge in [-0.2, -0.15) is 0 Å². The van der Waals surface area contributed by atoms with Crippen molar-refractivity contribution in [1.29, 1.82) is 0 Å². The first-order valence-electron chi connectivity index (χ1n) is 6.69. The van der Waals surface area contributed by atoms with Crippen LogP contribution in [0.4, 0.5) is 5.69 Å². The van der Waals surface area contributed by atoms with Crippen molar-refractivity contribution in [2.24, 2.45) is 0 Å². The highest BCUT2D eigenvalue weighted by Gasteiger charge is 2.29. The molecule has 1 aliphatic heterocycles. The van der Waals surface area contributed by atoms with Gasteiger partial charge in [0.2, 0.25) is 0 Å². The van der Waals surface area contributed by atoms with Gasteiger partial charge in [-0.25, -0.2) is 0 Å². The van der Waals surface area contributed by atoms with Crippen molar-refractivity contribution in [2.45, 2.75) is 32.4 Å². The molecule has 0 unspecified atom stereocenters. The van der Waals surface area contributed by atoms with Crippen molar-refractivity contribution in [2.75, 3.05) is 12.3 Å². The molecule has 1 aliphatic rings. The molecule has 19 heavy (non-hydrogen) atoms. The average Bonchev–Trinajstić information content (AvgIpc) is 2.96. The Morgan fingerprint density at radius 1 is 1.21 bits per heavy atom. The summed E-state index contributed by atoms with van der Waals surface area (Å²) in [7, 11) is 0. The molecule has 0 saturated carbocycles. The molecule has 3 heteroatoms. The highest BCUT2D eigenvalue weighted by molar-refractivity contribution is 7.10. The van der Waals surface area contributed by atoms with E-state index in [4.69, 9.17) is 5.73 Å². The predicted molar refractivity (Wildman–Crippen MR) is 82.3 cm³/mol. The highest BCUT2D eigenvalue weighted by atomic mass is 32.1. The molecule has 0 radical (unpaired) electrons. The highest BCUT2D eigenvalue weighted by Crippen LogP contribution is 2.33. The summed E-state index contributed by atoms with van der Waals surface area (Å²) in [6.45, 7) is 7.73. The second-order valence-electron chi connectivity index (χ2n) is 5.99. The topological polar surface area (TPSA) is 29.3 Å². The van der Waals surface area contributed by atoms with Crippen LogP contribution < -0.4 is 5.73 Å². The van der Waals surface area contributed by atoms with Gasteiger partial charge in [-0.05, 0) is 28.6 Å². The minimum absolute atomic E-state index is 0.199. The summed E-state index contributed by atoms with van der Waals surface area (Å²) < 4.78 is 0. The smallest absolute Gasteiger partial charge is 0.0363 e. The van der Waals surface area contributed by atoms with Gasteiger partial charge in [0.1, 0.15) is 0 Å². The van der Waals surface area contributed by atoms with E-state index in [-0.39, 0.29) is 5.41 Å². The van der Waals surface area contributed by atoms with Gasteiger partial charge >= 0.3 is 0 Å². The fraction of sp³-hybridized carbons (Fsp3) is 0.375. The molecule has 2 heterocycles. The van der Waals surface area contributed by atoms with E-state index in [2.05, 4.69) is 48.4 Å². The maximum absolute atomic E-state index is 6.07. The van der Waals surface area contributed by atoms with Crippen LogP contribution >= 0.6 is 11.3 Å². The number of nitrogens with two attached hydrogens (primary N) is 1. The fourth-order valence-electron chi connectivity index (χ4n) is 2.93. The lowest BCUT2D eigenvalue weighted by atomic mass is 9.91. The lowest BCUT2D eigenvalue weighted by molar-refractivity contribution is 0.230. The molecular formula is C16H20N2S. The van der Waals surface area contributed by atoms with Crippen molar-refractivity contribution < 1.29 is 0 Å². The van der Waals surface area contributed by atoms with Gasteiger partial charge in [-0.1, -0.05) is 32.0 Å². The Morgan fingerprint density at radius 3 is 2.74 bits per heavy atom. The number of nitrogen functional groups attached to an aromatic ring is 1. The third kappa shape index (κ3) is 2.40. The summed E-state index contributed by atoms with van der Waals surface area (Å²) in [4.78, 5) is 3.96. The van der Waals surface area contributed by atoms with Crippen LogP contribution in [0.15, 0.2) is 35.7 Å². The van der Waals surface area contributed by atoms with E-state index in [1.165, 1.54) is 16.0 Å². The van der Waals surface area contributed by atoms with Crippen molar-refractivity contribution in [3.63, 3.8) is 0 Å². The molecule has 0 saturated heterocycles. The first-order valence-corrected chi connectivity index (χ1v) is 7.57. The Balaban J connectivity index is 1.76. The number of fused-ring (bicyclic) bond motifs is 1. The Hall–Kier alpha value is -1.32. The van der Waals surface area contributed by atoms with E-state index >= 15 is 0 Å². The van der Waals surface area contributed by atoms with Crippen LogP contribution in [0.2, 0.25) is 0 Å². The van der Waals surface area contributed by atoms with Gasteiger partial charge in [0.25, 0.3) is 0 Å². The summed E-state index contributed by atoms with van der Waals surface area (Å²) in [6.07, 6.45) is 0. The minimum atomic E-state index is 0.199. The van der Waals surface area contributed by atoms with Gasteiger partial charge < -0.3 is 5.73 Å². The second-order valence-corrected chi connectivity index (χ2v) is 6.94. The maximum atomic E-state index is 6.07. The van der Waals surface area contributed by atoms with Gasteiger partial charge in [0.15, 0.2) is 0 Å². The quantitative estimate of drug-likeness (QED) is 0.865. The molecule has 100 valence electrons. The van der Waals surface area contributed by atoms with E-state index in [9.17, 15) is 0 Å². The molecular weight excluding hydrogens is 252 g/mol. The van der Waals surface area contributed by atoms with E-state index in [0.717, 1.165) is 25.3 Å². The predicted octanol–water partition coefficient (Wildman–Crippen LogP) is 3.62. The van der Waals surface area contributed by atoms with Crippen LogP contribution in [-0.4, -0.2) is 11.4 Å². The number of nitrogens with zero attached hydrogens (tertiary/aromatic N) is 1. The first-order chi connectivity index (χ1) is 9.06. The third-order valence-corrected chi connectivity index (χ3v) is 5.13. The van der Waals surface area contributed by atoms with Gasteiger partial charge in [-0.15, -0.1) is 11.3 Å². The largest absolute Gasteiger partial charge is 0.398 e. The molecule has 1 aromatic carbocycles. The van der Waals surface area contributed by atoms with Crippen LogP contribution in [0.3, 0.4) is 0 Å². The zero-order valence-corrected chi connectivity index (χ0v) is 12.3. The van der Waals surface area contributed by atoms with Crippen LogP contribution in [-0.2, 0) is 18.5 Å². The van der Waals surface area contributed by atoms with Crippen LogP contribution in [0.5, 0.6) is 0 Å². The van der Waals surface area contributed by atoms with E-state index in [1.807, 2.05) is 17.4 Å². The monoisotopic (exact) mass is 272 g/mol. The van der Waals surface area contributed by atoms with Crippen LogP contribution in [0.25, 0.3) is 0 Å². The Morgan fingerprint density at radius 2 is 2.05 bits per heavy atom. The molecule has 0 aliphatic carbocycles. The van der Waals surface area contributed by atoms with E-state index < -0.39 is 0 Å². The lowest BCUT2D eigenvalue weighted by Crippen LogP contribution is -2.33. The number of anilines is 1. The number of hydrogen-bond donors (Lipinski definition) is 1. The SMILES string of the molecule is CC(C)(CN1Cc2cccc(N)c2C1)c1cccs1. The molecule has 3 rings (SSSR count). The Bertz CT molecular complexity index is 572. The van der Waals surface area contributed by atoms with E-state index in [1.54, 1.807) is 0 Å². The molecule has 0 fully saturated rings. The van der Waals surface area contributed by atoms with Crippen molar-refractivity contribution in [3.8, 4) is 0 Å². The standard InChI is InChI=1S/C16H20N2S/c1-16(2,15-7-4-8-19-15)11-18-9-12-5-3-6-14(17)13(12)10-18/h3-8H,9-11,17H2,1-2H3. The first kappa shape index (κ1) is 12.7. The molecule has 0 spiro atoms. The normalized spacial score (nSPS) is 15.7. The second kappa shape index (κ2) is 4.66. The van der Waals surface area contributed by atoms with Crippen molar-refractivity contribution >= 4 is 17.0 Å². The zero-order chi connectivity index (χ0) is 13.5. The number of hydrogen-bond acceptors (Lipinski definition) is 3. The van der Waals surface area contributed by atoms with Crippen molar-refractivity contribution in [1.82, 2.24) is 4.90 Å². The van der Waals surface area contributed by atoms with Crippen molar-refractivity contribution in [3.05, 3.63) is 51.7 Å². The summed E-state index contributed by atoms with van der Waals surface area (Å²) in [5.41, 5.74) is 9.92. The average molecular weight is 272 g/mol. The number of rotatable bonds is 3. The lowest BCUT2D eigenvalue weighted by Gasteiger charge is -2.29.